The number of amides is 1. The highest BCUT2D eigenvalue weighted by molar-refractivity contribution is 9.10. The normalized spacial score (nSPS) is 10.8. The van der Waals surface area contributed by atoms with Gasteiger partial charge in [0, 0.05) is 29.2 Å². The molecule has 1 aromatic carbocycles. The smallest absolute Gasteiger partial charge is 0.281 e. The van der Waals surface area contributed by atoms with Crippen LogP contribution < -0.4 is 15.1 Å². The Labute approximate surface area is 154 Å². The average Bonchev–Trinajstić information content (AvgIpc) is 3.12. The van der Waals surface area contributed by atoms with Crippen molar-refractivity contribution in [3.63, 3.8) is 0 Å². The van der Waals surface area contributed by atoms with Gasteiger partial charge in [0.05, 0.1) is 23.9 Å². The highest BCUT2D eigenvalue weighted by Gasteiger charge is 2.12. The summed E-state index contributed by atoms with van der Waals surface area (Å²) in [6, 6.07) is 7.49. The topological polar surface area (TPSA) is 53.9 Å². The predicted molar refractivity (Wildman–Crippen MR) is 104 cm³/mol. The van der Waals surface area contributed by atoms with Crippen LogP contribution in [0, 0.1) is 0 Å². The Bertz CT molecular complexity index is 713. The first-order valence-electron chi connectivity index (χ1n) is 7.60. The van der Waals surface area contributed by atoms with Crippen molar-refractivity contribution in [2.24, 2.45) is 5.10 Å². The Kier molecular flexibility index (Phi) is 6.81. The standard InChI is InChI=1S/C17H20BrN3O2S/c1-4-21(5-2)14-10-15(23-3)12(9-13(14)18)11-19-20-17(22)16-7-6-8-24-16/h6-11H,4-5H2,1-3H3,(H,20,22)/b19-11-. The monoisotopic (exact) mass is 409 g/mol. The summed E-state index contributed by atoms with van der Waals surface area (Å²) in [5, 5.41) is 5.88. The molecule has 1 aromatic heterocycles. The number of rotatable bonds is 7. The summed E-state index contributed by atoms with van der Waals surface area (Å²) < 4.78 is 6.42. The fraction of sp³-hybridized carbons (Fsp3) is 0.294. The number of carbonyl (C=O) groups is 1. The number of halogens is 1. The van der Waals surface area contributed by atoms with E-state index in [1.165, 1.54) is 11.3 Å². The van der Waals surface area contributed by atoms with Crippen LogP contribution in [0.25, 0.3) is 0 Å². The maximum Gasteiger partial charge on any atom is 0.281 e. The molecule has 0 fully saturated rings. The molecular weight excluding hydrogens is 390 g/mol. The highest BCUT2D eigenvalue weighted by atomic mass is 79.9. The predicted octanol–water partition coefficient (Wildman–Crippen LogP) is 4.13. The zero-order valence-corrected chi connectivity index (χ0v) is 16.3. The third-order valence-electron chi connectivity index (χ3n) is 3.52. The van der Waals surface area contributed by atoms with Crippen LogP contribution in [-0.2, 0) is 0 Å². The molecule has 0 bridgehead atoms. The van der Waals surface area contributed by atoms with Crippen LogP contribution in [0.3, 0.4) is 0 Å². The van der Waals surface area contributed by atoms with E-state index in [1.807, 2.05) is 23.6 Å². The average molecular weight is 410 g/mol. The van der Waals surface area contributed by atoms with Crippen LogP contribution >= 0.6 is 27.3 Å². The van der Waals surface area contributed by atoms with Crippen LogP contribution in [0.5, 0.6) is 5.75 Å². The molecule has 1 N–H and O–H groups in total. The minimum absolute atomic E-state index is 0.223. The number of benzene rings is 1. The van der Waals surface area contributed by atoms with Crippen molar-refractivity contribution in [2.45, 2.75) is 13.8 Å². The fourth-order valence-corrected chi connectivity index (χ4v) is 3.49. The van der Waals surface area contributed by atoms with E-state index in [0.29, 0.717) is 10.6 Å². The Morgan fingerprint density at radius 3 is 2.75 bits per heavy atom. The van der Waals surface area contributed by atoms with E-state index in [1.54, 1.807) is 19.4 Å². The largest absolute Gasteiger partial charge is 0.496 e. The van der Waals surface area contributed by atoms with E-state index in [4.69, 9.17) is 4.74 Å². The zero-order valence-electron chi connectivity index (χ0n) is 13.9. The van der Waals surface area contributed by atoms with Gasteiger partial charge in [0.25, 0.3) is 5.91 Å². The van der Waals surface area contributed by atoms with Gasteiger partial charge in [-0.2, -0.15) is 5.10 Å². The van der Waals surface area contributed by atoms with E-state index in [-0.39, 0.29) is 5.91 Å². The lowest BCUT2D eigenvalue weighted by atomic mass is 10.2. The van der Waals surface area contributed by atoms with Crippen LogP contribution in [0.2, 0.25) is 0 Å². The highest BCUT2D eigenvalue weighted by Crippen LogP contribution is 2.33. The molecule has 0 saturated carbocycles. The molecule has 7 heteroatoms. The van der Waals surface area contributed by atoms with E-state index < -0.39 is 0 Å². The van der Waals surface area contributed by atoms with Gasteiger partial charge in [-0.25, -0.2) is 5.43 Å². The lowest BCUT2D eigenvalue weighted by molar-refractivity contribution is 0.0959. The molecule has 2 aromatic rings. The Hall–Kier alpha value is -1.86. The van der Waals surface area contributed by atoms with Gasteiger partial charge in [0.1, 0.15) is 5.75 Å². The van der Waals surface area contributed by atoms with Crippen molar-refractivity contribution in [2.75, 3.05) is 25.1 Å². The van der Waals surface area contributed by atoms with Gasteiger partial charge in [-0.1, -0.05) is 6.07 Å². The van der Waals surface area contributed by atoms with Crippen LogP contribution in [-0.4, -0.2) is 32.3 Å². The van der Waals surface area contributed by atoms with Gasteiger partial charge in [0.2, 0.25) is 0 Å². The summed E-state index contributed by atoms with van der Waals surface area (Å²) in [5.41, 5.74) is 4.37. The molecule has 0 aliphatic heterocycles. The lowest BCUT2D eigenvalue weighted by Gasteiger charge is -2.23. The number of ether oxygens (including phenoxy) is 1. The molecule has 0 unspecified atom stereocenters. The van der Waals surface area contributed by atoms with Crippen LogP contribution in [0.4, 0.5) is 5.69 Å². The van der Waals surface area contributed by atoms with E-state index in [9.17, 15) is 4.79 Å². The fourth-order valence-electron chi connectivity index (χ4n) is 2.27. The summed E-state index contributed by atoms with van der Waals surface area (Å²) in [4.78, 5) is 14.7. The Balaban J connectivity index is 2.19. The second kappa shape index (κ2) is 8.84. The number of anilines is 1. The molecule has 2 rings (SSSR count). The molecule has 0 radical (unpaired) electrons. The van der Waals surface area contributed by atoms with Crippen molar-refractivity contribution >= 4 is 45.1 Å². The van der Waals surface area contributed by atoms with Crippen molar-refractivity contribution < 1.29 is 9.53 Å². The molecule has 5 nitrogen and oxygen atoms in total. The summed E-state index contributed by atoms with van der Waals surface area (Å²) in [7, 11) is 1.62. The molecule has 0 aliphatic carbocycles. The summed E-state index contributed by atoms with van der Waals surface area (Å²) in [6.07, 6.45) is 1.58. The Morgan fingerprint density at radius 1 is 1.42 bits per heavy atom. The second-order valence-electron chi connectivity index (χ2n) is 4.89. The first kappa shape index (κ1) is 18.5. The molecule has 128 valence electrons. The van der Waals surface area contributed by atoms with E-state index in [0.717, 1.165) is 28.8 Å². The molecule has 0 saturated heterocycles. The number of thiophene rings is 1. The zero-order chi connectivity index (χ0) is 17.5. The molecule has 24 heavy (non-hydrogen) atoms. The van der Waals surface area contributed by atoms with Gasteiger partial charge >= 0.3 is 0 Å². The second-order valence-corrected chi connectivity index (χ2v) is 6.70. The quantitative estimate of drug-likeness (QED) is 0.552. The third kappa shape index (κ3) is 4.36. The summed E-state index contributed by atoms with van der Waals surface area (Å²) >= 11 is 4.97. The maximum atomic E-state index is 11.9. The van der Waals surface area contributed by atoms with Gasteiger partial charge in [-0.3, -0.25) is 4.79 Å². The van der Waals surface area contributed by atoms with E-state index in [2.05, 4.69) is 45.2 Å². The number of hydrogen-bond donors (Lipinski definition) is 1. The summed E-state index contributed by atoms with van der Waals surface area (Å²) in [5.74, 6) is 0.480. The number of hydrogen-bond acceptors (Lipinski definition) is 5. The number of carbonyl (C=O) groups excluding carboxylic acids is 1. The molecule has 0 spiro atoms. The maximum absolute atomic E-state index is 11.9. The third-order valence-corrected chi connectivity index (χ3v) is 5.02. The molecule has 0 atom stereocenters. The van der Waals surface area contributed by atoms with Crippen molar-refractivity contribution in [1.29, 1.82) is 0 Å². The minimum atomic E-state index is -0.223. The number of nitrogens with zero attached hydrogens (tertiary/aromatic N) is 2. The SMILES string of the molecule is CCN(CC)c1cc(OC)c(/C=N\NC(=O)c2cccs2)cc1Br. The van der Waals surface area contributed by atoms with Crippen molar-refractivity contribution in [3.05, 3.63) is 44.6 Å². The van der Waals surface area contributed by atoms with Crippen molar-refractivity contribution in [3.8, 4) is 5.75 Å². The number of methoxy groups -OCH3 is 1. The van der Waals surface area contributed by atoms with Gasteiger partial charge in [-0.15, -0.1) is 11.3 Å². The lowest BCUT2D eigenvalue weighted by Crippen LogP contribution is -2.22. The van der Waals surface area contributed by atoms with Crippen molar-refractivity contribution in [1.82, 2.24) is 5.43 Å². The summed E-state index contributed by atoms with van der Waals surface area (Å²) in [6.45, 7) is 6.03. The first-order chi connectivity index (χ1) is 11.6. The van der Waals surface area contributed by atoms with Gasteiger partial charge in [0.15, 0.2) is 0 Å². The minimum Gasteiger partial charge on any atom is -0.496 e. The Morgan fingerprint density at radius 2 is 2.17 bits per heavy atom. The number of nitrogens with one attached hydrogen (secondary N) is 1. The van der Waals surface area contributed by atoms with Gasteiger partial charge in [-0.05, 0) is 47.3 Å². The molecular formula is C17H20BrN3O2S. The van der Waals surface area contributed by atoms with E-state index >= 15 is 0 Å². The first-order valence-corrected chi connectivity index (χ1v) is 9.27. The van der Waals surface area contributed by atoms with Crippen LogP contribution in [0.1, 0.15) is 29.1 Å². The number of hydrazone groups is 1. The van der Waals surface area contributed by atoms with Crippen LogP contribution in [0.15, 0.2) is 39.2 Å². The molecule has 1 amide bonds. The molecule has 1 heterocycles. The van der Waals surface area contributed by atoms with Gasteiger partial charge < -0.3 is 9.64 Å². The molecule has 0 aliphatic rings.